The largest absolute Gasteiger partial charge is 0.484 e. The van der Waals surface area contributed by atoms with E-state index in [1.54, 1.807) is 36.4 Å². The standard InChI is InChI=1S/C22H20ClN3O5S/c23-18-9-5-10-19(13-18)31-15-21(27)25-26-22(28)17-8-4-11-20(12-17)32(29,30)24-14-16-6-2-1-3-7-16/h1-13,24H,14-15H2,(H,25,27)(H,26,28). The van der Waals surface area contributed by atoms with Crippen LogP contribution < -0.4 is 20.3 Å². The number of hydrogen-bond donors (Lipinski definition) is 3. The Labute approximate surface area is 190 Å². The summed E-state index contributed by atoms with van der Waals surface area (Å²) in [6, 6.07) is 21.0. The first-order chi connectivity index (χ1) is 15.3. The minimum Gasteiger partial charge on any atom is -0.484 e. The first kappa shape index (κ1) is 23.3. The topological polar surface area (TPSA) is 114 Å². The lowest BCUT2D eigenvalue weighted by molar-refractivity contribution is -0.123. The Morgan fingerprint density at radius 3 is 2.38 bits per heavy atom. The molecule has 0 fully saturated rings. The highest BCUT2D eigenvalue weighted by Crippen LogP contribution is 2.17. The van der Waals surface area contributed by atoms with Crippen molar-refractivity contribution in [1.82, 2.24) is 15.6 Å². The van der Waals surface area contributed by atoms with E-state index in [9.17, 15) is 18.0 Å². The number of hydrazine groups is 1. The normalized spacial score (nSPS) is 10.9. The number of benzene rings is 3. The van der Waals surface area contributed by atoms with Crippen LogP contribution in [0.4, 0.5) is 0 Å². The molecule has 3 N–H and O–H groups in total. The Morgan fingerprint density at radius 1 is 0.875 bits per heavy atom. The van der Waals surface area contributed by atoms with E-state index in [-0.39, 0.29) is 23.6 Å². The van der Waals surface area contributed by atoms with Gasteiger partial charge in [-0.15, -0.1) is 0 Å². The maximum atomic E-state index is 12.6. The van der Waals surface area contributed by atoms with Gasteiger partial charge in [-0.25, -0.2) is 13.1 Å². The Kier molecular flexibility index (Phi) is 7.82. The van der Waals surface area contributed by atoms with Gasteiger partial charge in [-0.3, -0.25) is 20.4 Å². The molecule has 0 heterocycles. The molecule has 0 aliphatic heterocycles. The van der Waals surface area contributed by atoms with Gasteiger partial charge in [0, 0.05) is 17.1 Å². The van der Waals surface area contributed by atoms with Crippen molar-refractivity contribution in [2.24, 2.45) is 0 Å². The molecule has 0 aliphatic rings. The third kappa shape index (κ3) is 6.81. The quantitative estimate of drug-likeness (QED) is 0.435. The first-order valence-corrected chi connectivity index (χ1v) is 11.3. The van der Waals surface area contributed by atoms with Crippen molar-refractivity contribution in [3.8, 4) is 5.75 Å². The molecular weight excluding hydrogens is 454 g/mol. The van der Waals surface area contributed by atoms with Crippen LogP contribution in [0.2, 0.25) is 5.02 Å². The van der Waals surface area contributed by atoms with E-state index >= 15 is 0 Å². The predicted octanol–water partition coefficient (Wildman–Crippen LogP) is 2.66. The van der Waals surface area contributed by atoms with Crippen molar-refractivity contribution in [2.45, 2.75) is 11.4 Å². The molecule has 10 heteroatoms. The molecule has 0 saturated carbocycles. The summed E-state index contributed by atoms with van der Waals surface area (Å²) < 4.78 is 32.9. The average molecular weight is 474 g/mol. The molecule has 0 unspecified atom stereocenters. The summed E-state index contributed by atoms with van der Waals surface area (Å²) in [5.74, 6) is -0.882. The monoisotopic (exact) mass is 473 g/mol. The fourth-order valence-corrected chi connectivity index (χ4v) is 3.85. The molecule has 3 aromatic carbocycles. The average Bonchev–Trinajstić information content (AvgIpc) is 2.81. The van der Waals surface area contributed by atoms with E-state index in [1.165, 1.54) is 24.3 Å². The van der Waals surface area contributed by atoms with Gasteiger partial charge in [0.2, 0.25) is 10.0 Å². The number of sulfonamides is 1. The van der Waals surface area contributed by atoms with Crippen LogP contribution in [0, 0.1) is 0 Å². The van der Waals surface area contributed by atoms with Crippen LogP contribution in [0.25, 0.3) is 0 Å². The zero-order valence-electron chi connectivity index (χ0n) is 16.7. The molecule has 3 rings (SSSR count). The number of halogens is 1. The third-order valence-electron chi connectivity index (χ3n) is 4.20. The van der Waals surface area contributed by atoms with E-state index in [1.807, 2.05) is 18.2 Å². The summed E-state index contributed by atoms with van der Waals surface area (Å²) in [4.78, 5) is 24.1. The SMILES string of the molecule is O=C(COc1cccc(Cl)c1)NNC(=O)c1cccc(S(=O)(=O)NCc2ccccc2)c1. The summed E-state index contributed by atoms with van der Waals surface area (Å²) in [7, 11) is -3.84. The van der Waals surface area contributed by atoms with Crippen LogP contribution in [0.15, 0.2) is 83.8 Å². The van der Waals surface area contributed by atoms with Crippen LogP contribution in [0.5, 0.6) is 5.75 Å². The van der Waals surface area contributed by atoms with Crippen LogP contribution in [-0.4, -0.2) is 26.8 Å². The van der Waals surface area contributed by atoms with Crippen molar-refractivity contribution in [1.29, 1.82) is 0 Å². The minimum atomic E-state index is -3.84. The van der Waals surface area contributed by atoms with E-state index in [4.69, 9.17) is 16.3 Å². The summed E-state index contributed by atoms with van der Waals surface area (Å²) in [5.41, 5.74) is 5.29. The molecular formula is C22H20ClN3O5S. The molecule has 166 valence electrons. The van der Waals surface area contributed by atoms with Gasteiger partial charge < -0.3 is 4.74 Å². The Bertz CT molecular complexity index is 1200. The van der Waals surface area contributed by atoms with E-state index < -0.39 is 21.8 Å². The summed E-state index contributed by atoms with van der Waals surface area (Å²) in [6.07, 6.45) is 0. The van der Waals surface area contributed by atoms with Crippen LogP contribution in [0.1, 0.15) is 15.9 Å². The Morgan fingerprint density at radius 2 is 1.62 bits per heavy atom. The van der Waals surface area contributed by atoms with Gasteiger partial charge in [0.1, 0.15) is 5.75 Å². The second-order valence-corrected chi connectivity index (χ2v) is 8.79. The molecule has 0 radical (unpaired) electrons. The highest BCUT2D eigenvalue weighted by atomic mass is 35.5. The van der Waals surface area contributed by atoms with Crippen molar-refractivity contribution < 1.29 is 22.7 Å². The molecule has 8 nitrogen and oxygen atoms in total. The zero-order valence-corrected chi connectivity index (χ0v) is 18.3. The van der Waals surface area contributed by atoms with Crippen LogP contribution in [-0.2, 0) is 21.4 Å². The molecule has 0 aromatic heterocycles. The minimum absolute atomic E-state index is 0.0589. The molecule has 0 bridgehead atoms. The summed E-state index contributed by atoms with van der Waals surface area (Å²) >= 11 is 5.84. The highest BCUT2D eigenvalue weighted by Gasteiger charge is 2.16. The number of carbonyl (C=O) groups is 2. The van der Waals surface area contributed by atoms with Crippen molar-refractivity contribution in [3.05, 3.63) is 95.0 Å². The van der Waals surface area contributed by atoms with Crippen LogP contribution >= 0.6 is 11.6 Å². The lowest BCUT2D eigenvalue weighted by Gasteiger charge is -2.10. The van der Waals surface area contributed by atoms with Crippen molar-refractivity contribution >= 4 is 33.4 Å². The van der Waals surface area contributed by atoms with Crippen LogP contribution in [0.3, 0.4) is 0 Å². The van der Waals surface area contributed by atoms with Crippen molar-refractivity contribution in [3.63, 3.8) is 0 Å². The second-order valence-electron chi connectivity index (χ2n) is 6.59. The van der Waals surface area contributed by atoms with E-state index in [2.05, 4.69) is 15.6 Å². The maximum Gasteiger partial charge on any atom is 0.276 e. The first-order valence-electron chi connectivity index (χ1n) is 9.45. The molecule has 2 amide bonds. The van der Waals surface area contributed by atoms with Gasteiger partial charge in [-0.05, 0) is 42.0 Å². The van der Waals surface area contributed by atoms with Gasteiger partial charge in [-0.1, -0.05) is 54.1 Å². The smallest absolute Gasteiger partial charge is 0.276 e. The predicted molar refractivity (Wildman–Crippen MR) is 119 cm³/mol. The fourth-order valence-electron chi connectivity index (χ4n) is 2.60. The van der Waals surface area contributed by atoms with Gasteiger partial charge in [-0.2, -0.15) is 0 Å². The summed E-state index contributed by atoms with van der Waals surface area (Å²) in [5, 5.41) is 0.462. The van der Waals surface area contributed by atoms with Gasteiger partial charge >= 0.3 is 0 Å². The summed E-state index contributed by atoms with van der Waals surface area (Å²) in [6.45, 7) is -0.235. The molecule has 0 aliphatic carbocycles. The molecule has 32 heavy (non-hydrogen) atoms. The van der Waals surface area contributed by atoms with Gasteiger partial charge in [0.25, 0.3) is 11.8 Å². The number of carbonyl (C=O) groups excluding carboxylic acids is 2. The third-order valence-corrected chi connectivity index (χ3v) is 5.83. The molecule has 3 aromatic rings. The van der Waals surface area contributed by atoms with Crippen molar-refractivity contribution in [2.75, 3.05) is 6.61 Å². The van der Waals surface area contributed by atoms with E-state index in [0.717, 1.165) is 5.56 Å². The number of rotatable bonds is 8. The number of amides is 2. The molecule has 0 saturated heterocycles. The molecule has 0 spiro atoms. The number of ether oxygens (including phenoxy) is 1. The Balaban J connectivity index is 1.54. The fraction of sp³-hybridized carbons (Fsp3) is 0.0909. The maximum absolute atomic E-state index is 12.6. The number of nitrogens with one attached hydrogen (secondary N) is 3. The second kappa shape index (κ2) is 10.8. The van der Waals surface area contributed by atoms with E-state index in [0.29, 0.717) is 10.8 Å². The van der Waals surface area contributed by atoms with Gasteiger partial charge in [0.05, 0.1) is 4.90 Å². The number of hydrogen-bond acceptors (Lipinski definition) is 5. The lowest BCUT2D eigenvalue weighted by Crippen LogP contribution is -2.43. The Hall–Kier alpha value is -3.40. The van der Waals surface area contributed by atoms with Gasteiger partial charge in [0.15, 0.2) is 6.61 Å². The zero-order chi connectivity index (χ0) is 23.0. The highest BCUT2D eigenvalue weighted by molar-refractivity contribution is 7.89. The molecule has 0 atom stereocenters. The lowest BCUT2D eigenvalue weighted by atomic mass is 10.2.